The number of furan rings is 1. The van der Waals surface area contributed by atoms with Crippen molar-refractivity contribution in [3.05, 3.63) is 59.6 Å². The number of esters is 1. The molecule has 0 saturated carbocycles. The molecule has 2 heterocycles. The Morgan fingerprint density at radius 3 is 2.76 bits per heavy atom. The van der Waals surface area contributed by atoms with Crippen molar-refractivity contribution >= 4 is 44.4 Å². The summed E-state index contributed by atoms with van der Waals surface area (Å²) >= 11 is 1.34. The zero-order chi connectivity index (χ0) is 17.8. The van der Waals surface area contributed by atoms with Gasteiger partial charge in [0.05, 0.1) is 6.61 Å². The van der Waals surface area contributed by atoms with Gasteiger partial charge in [-0.2, -0.15) is 0 Å². The molecule has 0 atom stereocenters. The number of hydrogen-bond donors (Lipinski definition) is 1. The van der Waals surface area contributed by atoms with E-state index in [0.29, 0.717) is 16.3 Å². The lowest BCUT2D eigenvalue weighted by molar-refractivity contribution is -0.111. The molecule has 0 saturated heterocycles. The van der Waals surface area contributed by atoms with Crippen LogP contribution >= 0.6 is 11.3 Å². The highest BCUT2D eigenvalue weighted by atomic mass is 32.1. The highest BCUT2D eigenvalue weighted by molar-refractivity contribution is 7.23. The first-order valence-corrected chi connectivity index (χ1v) is 8.64. The molecule has 5 nitrogen and oxygen atoms in total. The number of hydrogen-bond acceptors (Lipinski definition) is 5. The van der Waals surface area contributed by atoms with Crippen LogP contribution in [0, 0.1) is 6.92 Å². The molecule has 0 aliphatic carbocycles. The summed E-state index contributed by atoms with van der Waals surface area (Å²) in [6.45, 7) is 3.85. The van der Waals surface area contributed by atoms with Gasteiger partial charge in [0.2, 0.25) is 5.91 Å². The largest absolute Gasteiger partial charge is 0.462 e. The summed E-state index contributed by atoms with van der Waals surface area (Å²) in [5, 5.41) is 4.01. The molecule has 25 heavy (non-hydrogen) atoms. The highest BCUT2D eigenvalue weighted by Crippen LogP contribution is 2.36. The summed E-state index contributed by atoms with van der Waals surface area (Å²) in [6, 6.07) is 11.1. The van der Waals surface area contributed by atoms with Crippen LogP contribution in [0.2, 0.25) is 0 Å². The standard InChI is InChI=1S/C19H17NO4S/c1-3-23-19(22)17-14-6-4-5-7-15(14)25-18(17)20-16(21)11-10-13-9-8-12(2)24-13/h4-11H,3H2,1-2H3,(H,20,21)/b11-10+. The van der Waals surface area contributed by atoms with Crippen molar-refractivity contribution in [2.24, 2.45) is 0 Å². The number of rotatable bonds is 5. The van der Waals surface area contributed by atoms with E-state index in [-0.39, 0.29) is 12.5 Å². The molecule has 1 aromatic carbocycles. The van der Waals surface area contributed by atoms with Crippen LogP contribution in [0.25, 0.3) is 16.2 Å². The lowest BCUT2D eigenvalue weighted by Crippen LogP contribution is -2.11. The molecule has 1 N–H and O–H groups in total. The van der Waals surface area contributed by atoms with E-state index in [1.165, 1.54) is 17.4 Å². The maximum absolute atomic E-state index is 12.3. The minimum atomic E-state index is -0.444. The molecule has 0 unspecified atom stereocenters. The number of carbonyl (C=O) groups is 2. The zero-order valence-corrected chi connectivity index (χ0v) is 14.7. The second kappa shape index (κ2) is 7.36. The Labute approximate surface area is 148 Å². The third-order valence-corrected chi connectivity index (χ3v) is 4.56. The summed E-state index contributed by atoms with van der Waals surface area (Å²) in [4.78, 5) is 24.5. The van der Waals surface area contributed by atoms with Gasteiger partial charge >= 0.3 is 5.97 Å². The number of carbonyl (C=O) groups excluding carboxylic acids is 2. The molecule has 2 aromatic heterocycles. The Morgan fingerprint density at radius 1 is 1.24 bits per heavy atom. The monoisotopic (exact) mass is 355 g/mol. The summed E-state index contributed by atoms with van der Waals surface area (Å²) in [6.07, 6.45) is 2.96. The lowest BCUT2D eigenvalue weighted by Gasteiger charge is -2.04. The number of anilines is 1. The SMILES string of the molecule is CCOC(=O)c1c(NC(=O)/C=C/c2ccc(C)o2)sc2ccccc12. The number of ether oxygens (including phenoxy) is 1. The smallest absolute Gasteiger partial charge is 0.341 e. The van der Waals surface area contributed by atoms with Crippen molar-refractivity contribution in [3.63, 3.8) is 0 Å². The van der Waals surface area contributed by atoms with Gasteiger partial charge in [-0.05, 0) is 38.1 Å². The van der Waals surface area contributed by atoms with E-state index in [1.807, 2.05) is 37.3 Å². The Hall–Kier alpha value is -2.86. The third-order valence-electron chi connectivity index (χ3n) is 3.47. The van der Waals surface area contributed by atoms with E-state index < -0.39 is 5.97 Å². The fourth-order valence-corrected chi connectivity index (χ4v) is 3.49. The minimum absolute atomic E-state index is 0.272. The maximum Gasteiger partial charge on any atom is 0.341 e. The third kappa shape index (κ3) is 3.80. The van der Waals surface area contributed by atoms with Crippen LogP contribution in [-0.4, -0.2) is 18.5 Å². The Balaban J connectivity index is 1.87. The first-order valence-electron chi connectivity index (χ1n) is 7.82. The van der Waals surface area contributed by atoms with E-state index in [2.05, 4.69) is 5.32 Å². The number of fused-ring (bicyclic) bond motifs is 1. The summed E-state index contributed by atoms with van der Waals surface area (Å²) < 4.78 is 11.4. The van der Waals surface area contributed by atoms with Crippen molar-refractivity contribution in [1.82, 2.24) is 0 Å². The van der Waals surface area contributed by atoms with Crippen LogP contribution < -0.4 is 5.32 Å². The quantitative estimate of drug-likeness (QED) is 0.535. The van der Waals surface area contributed by atoms with E-state index in [9.17, 15) is 9.59 Å². The van der Waals surface area contributed by atoms with Crippen molar-refractivity contribution in [2.75, 3.05) is 11.9 Å². The second-order valence-corrected chi connectivity index (χ2v) is 6.35. The highest BCUT2D eigenvalue weighted by Gasteiger charge is 2.20. The molecule has 0 aliphatic rings. The Morgan fingerprint density at radius 2 is 2.04 bits per heavy atom. The van der Waals surface area contributed by atoms with E-state index in [4.69, 9.17) is 9.15 Å². The Kier molecular flexibility index (Phi) is 5.00. The average Bonchev–Trinajstić information content (AvgIpc) is 3.16. The van der Waals surface area contributed by atoms with Crippen LogP contribution in [0.5, 0.6) is 0 Å². The van der Waals surface area contributed by atoms with Crippen LogP contribution in [0.15, 0.2) is 46.9 Å². The number of thiophene rings is 1. The summed E-state index contributed by atoms with van der Waals surface area (Å²) in [5.41, 5.74) is 0.387. The topological polar surface area (TPSA) is 68.5 Å². The van der Waals surface area contributed by atoms with E-state index in [0.717, 1.165) is 15.8 Å². The van der Waals surface area contributed by atoms with Crippen LogP contribution in [0.4, 0.5) is 5.00 Å². The molecule has 0 radical (unpaired) electrons. The summed E-state index contributed by atoms with van der Waals surface area (Å²) in [5.74, 6) is 0.579. The molecule has 0 bridgehead atoms. The van der Waals surface area contributed by atoms with Crippen LogP contribution in [0.3, 0.4) is 0 Å². The van der Waals surface area contributed by atoms with Gasteiger partial charge in [-0.25, -0.2) is 4.79 Å². The molecular formula is C19H17NO4S. The van der Waals surface area contributed by atoms with Gasteiger partial charge in [0.15, 0.2) is 0 Å². The molecule has 0 aliphatic heterocycles. The second-order valence-electron chi connectivity index (χ2n) is 5.29. The maximum atomic E-state index is 12.3. The van der Waals surface area contributed by atoms with Crippen molar-refractivity contribution < 1.29 is 18.7 Å². The van der Waals surface area contributed by atoms with Gasteiger partial charge in [0.1, 0.15) is 22.1 Å². The van der Waals surface area contributed by atoms with Crippen LogP contribution in [-0.2, 0) is 9.53 Å². The number of aryl methyl sites for hydroxylation is 1. The van der Waals surface area contributed by atoms with Gasteiger partial charge in [-0.3, -0.25) is 4.79 Å². The number of amides is 1. The predicted octanol–water partition coefficient (Wildman–Crippen LogP) is 4.63. The van der Waals surface area contributed by atoms with Crippen LogP contribution in [0.1, 0.15) is 28.8 Å². The van der Waals surface area contributed by atoms with Gasteiger partial charge in [-0.1, -0.05) is 18.2 Å². The van der Waals surface area contributed by atoms with Crippen molar-refractivity contribution in [1.29, 1.82) is 0 Å². The molecule has 1 amide bonds. The fraction of sp³-hybridized carbons (Fsp3) is 0.158. The Bertz CT molecular complexity index is 951. The minimum Gasteiger partial charge on any atom is -0.462 e. The molecule has 0 spiro atoms. The molecule has 3 aromatic rings. The van der Waals surface area contributed by atoms with E-state index in [1.54, 1.807) is 19.1 Å². The number of benzene rings is 1. The molecule has 0 fully saturated rings. The first kappa shape index (κ1) is 17.0. The van der Waals surface area contributed by atoms with Gasteiger partial charge in [-0.15, -0.1) is 11.3 Å². The van der Waals surface area contributed by atoms with Crippen molar-refractivity contribution in [2.45, 2.75) is 13.8 Å². The van der Waals surface area contributed by atoms with Gasteiger partial charge in [0.25, 0.3) is 0 Å². The normalized spacial score (nSPS) is 11.1. The molecule has 3 rings (SSSR count). The van der Waals surface area contributed by atoms with Gasteiger partial charge < -0.3 is 14.5 Å². The fourth-order valence-electron chi connectivity index (χ4n) is 2.39. The van der Waals surface area contributed by atoms with Gasteiger partial charge in [0, 0.05) is 16.2 Å². The summed E-state index contributed by atoms with van der Waals surface area (Å²) in [7, 11) is 0. The first-order chi connectivity index (χ1) is 12.1. The average molecular weight is 355 g/mol. The number of nitrogens with one attached hydrogen (secondary N) is 1. The predicted molar refractivity (Wildman–Crippen MR) is 98.9 cm³/mol. The lowest BCUT2D eigenvalue weighted by atomic mass is 10.1. The molecule has 128 valence electrons. The van der Waals surface area contributed by atoms with Crippen molar-refractivity contribution in [3.8, 4) is 0 Å². The molecular weight excluding hydrogens is 338 g/mol. The zero-order valence-electron chi connectivity index (χ0n) is 13.9. The van der Waals surface area contributed by atoms with E-state index >= 15 is 0 Å². The molecule has 6 heteroatoms.